The molecule has 5 nitrogen and oxygen atoms in total. The standard InChI is InChI=1S/C11H20N4O/c1-3-11(4-2,7-12)10(16)14-6-9-5-13-8-15-9/h5,8H,3-4,6-7,12H2,1-2H3,(H,13,15)(H,14,16). The average molecular weight is 224 g/mol. The Morgan fingerprint density at radius 3 is 2.69 bits per heavy atom. The van der Waals surface area contributed by atoms with Crippen LogP contribution in [0.3, 0.4) is 0 Å². The van der Waals surface area contributed by atoms with Crippen LogP contribution in [0, 0.1) is 5.41 Å². The molecule has 1 aromatic heterocycles. The molecule has 0 spiro atoms. The molecular weight excluding hydrogens is 204 g/mol. The molecule has 16 heavy (non-hydrogen) atoms. The van der Waals surface area contributed by atoms with E-state index in [2.05, 4.69) is 15.3 Å². The second-order valence-corrected chi connectivity index (χ2v) is 3.95. The number of nitrogens with zero attached hydrogens (tertiary/aromatic N) is 1. The van der Waals surface area contributed by atoms with E-state index in [9.17, 15) is 4.79 Å². The van der Waals surface area contributed by atoms with Crippen molar-refractivity contribution < 1.29 is 4.79 Å². The van der Waals surface area contributed by atoms with Gasteiger partial charge in [0.1, 0.15) is 0 Å². The molecule has 1 aromatic rings. The highest BCUT2D eigenvalue weighted by Gasteiger charge is 2.32. The zero-order chi connectivity index (χ0) is 12.0. The van der Waals surface area contributed by atoms with E-state index in [4.69, 9.17) is 5.73 Å². The summed E-state index contributed by atoms with van der Waals surface area (Å²) < 4.78 is 0. The fourth-order valence-electron chi connectivity index (χ4n) is 1.70. The highest BCUT2D eigenvalue weighted by molar-refractivity contribution is 5.82. The van der Waals surface area contributed by atoms with Crippen LogP contribution in [0.25, 0.3) is 0 Å². The summed E-state index contributed by atoms with van der Waals surface area (Å²) in [4.78, 5) is 18.9. The minimum absolute atomic E-state index is 0.0228. The molecule has 0 fully saturated rings. The van der Waals surface area contributed by atoms with Gasteiger partial charge in [0.05, 0.1) is 24.0 Å². The molecule has 0 saturated carbocycles. The summed E-state index contributed by atoms with van der Waals surface area (Å²) in [5.41, 5.74) is 6.16. The molecule has 0 aliphatic heterocycles. The number of nitrogens with two attached hydrogens (primary N) is 1. The lowest BCUT2D eigenvalue weighted by Gasteiger charge is -2.28. The average Bonchev–Trinajstić information content (AvgIpc) is 2.82. The van der Waals surface area contributed by atoms with E-state index in [0.29, 0.717) is 13.1 Å². The summed E-state index contributed by atoms with van der Waals surface area (Å²) in [6.07, 6.45) is 4.81. The second-order valence-electron chi connectivity index (χ2n) is 3.95. The molecule has 0 aliphatic carbocycles. The number of carbonyl (C=O) groups is 1. The Bertz CT molecular complexity index is 308. The molecule has 90 valence electrons. The third-order valence-corrected chi connectivity index (χ3v) is 3.22. The molecule has 1 heterocycles. The lowest BCUT2D eigenvalue weighted by atomic mass is 9.81. The van der Waals surface area contributed by atoms with Crippen LogP contribution in [0.15, 0.2) is 12.5 Å². The van der Waals surface area contributed by atoms with Gasteiger partial charge in [-0.25, -0.2) is 4.98 Å². The maximum absolute atomic E-state index is 12.0. The molecule has 0 atom stereocenters. The van der Waals surface area contributed by atoms with Gasteiger partial charge in [0.2, 0.25) is 5.91 Å². The Balaban J connectivity index is 2.56. The third kappa shape index (κ3) is 2.61. The first-order chi connectivity index (χ1) is 7.68. The Morgan fingerprint density at radius 2 is 2.25 bits per heavy atom. The summed E-state index contributed by atoms with van der Waals surface area (Å²) in [6.45, 7) is 4.84. The SMILES string of the molecule is CCC(CC)(CN)C(=O)NCc1cnc[nH]1. The summed E-state index contributed by atoms with van der Waals surface area (Å²) >= 11 is 0. The summed E-state index contributed by atoms with van der Waals surface area (Å²) in [7, 11) is 0. The van der Waals surface area contributed by atoms with E-state index >= 15 is 0 Å². The van der Waals surface area contributed by atoms with Gasteiger partial charge in [0.25, 0.3) is 0 Å². The molecule has 1 rings (SSSR count). The normalized spacial score (nSPS) is 11.4. The first kappa shape index (κ1) is 12.7. The monoisotopic (exact) mass is 224 g/mol. The second kappa shape index (κ2) is 5.65. The Morgan fingerprint density at radius 1 is 1.56 bits per heavy atom. The van der Waals surface area contributed by atoms with E-state index in [-0.39, 0.29) is 5.91 Å². The maximum atomic E-state index is 12.0. The van der Waals surface area contributed by atoms with Crippen molar-refractivity contribution in [3.05, 3.63) is 18.2 Å². The van der Waals surface area contributed by atoms with Crippen LogP contribution < -0.4 is 11.1 Å². The molecule has 0 saturated heterocycles. The molecule has 1 amide bonds. The molecule has 4 N–H and O–H groups in total. The number of hydrogen-bond donors (Lipinski definition) is 3. The Kier molecular flexibility index (Phi) is 4.49. The van der Waals surface area contributed by atoms with E-state index in [0.717, 1.165) is 18.5 Å². The Hall–Kier alpha value is -1.36. The minimum atomic E-state index is -0.431. The number of nitrogens with one attached hydrogen (secondary N) is 2. The van der Waals surface area contributed by atoms with Gasteiger partial charge in [-0.3, -0.25) is 4.79 Å². The highest BCUT2D eigenvalue weighted by atomic mass is 16.2. The van der Waals surface area contributed by atoms with Crippen molar-refractivity contribution in [2.75, 3.05) is 6.54 Å². The number of imidazole rings is 1. The first-order valence-corrected chi connectivity index (χ1v) is 5.64. The molecule has 5 heteroatoms. The summed E-state index contributed by atoms with van der Waals surface area (Å²) in [5.74, 6) is 0.0228. The predicted octanol–water partition coefficient (Wildman–Crippen LogP) is 0.791. The van der Waals surface area contributed by atoms with Crippen LogP contribution in [-0.2, 0) is 11.3 Å². The molecule has 0 aliphatic rings. The maximum Gasteiger partial charge on any atom is 0.227 e. The summed E-state index contributed by atoms with van der Waals surface area (Å²) in [6, 6.07) is 0. The van der Waals surface area contributed by atoms with E-state index < -0.39 is 5.41 Å². The van der Waals surface area contributed by atoms with Crippen molar-refractivity contribution >= 4 is 5.91 Å². The smallest absolute Gasteiger partial charge is 0.227 e. The van der Waals surface area contributed by atoms with Gasteiger partial charge in [-0.1, -0.05) is 13.8 Å². The van der Waals surface area contributed by atoms with Crippen LogP contribution in [0.2, 0.25) is 0 Å². The van der Waals surface area contributed by atoms with E-state index in [1.807, 2.05) is 13.8 Å². The first-order valence-electron chi connectivity index (χ1n) is 5.64. The van der Waals surface area contributed by atoms with Crippen molar-refractivity contribution in [1.82, 2.24) is 15.3 Å². The topological polar surface area (TPSA) is 83.8 Å². The van der Waals surface area contributed by atoms with E-state index in [1.54, 1.807) is 12.5 Å². The van der Waals surface area contributed by atoms with Crippen molar-refractivity contribution in [2.24, 2.45) is 11.1 Å². The van der Waals surface area contributed by atoms with Crippen LogP contribution in [0.4, 0.5) is 0 Å². The van der Waals surface area contributed by atoms with Gasteiger partial charge in [-0.05, 0) is 12.8 Å². The van der Waals surface area contributed by atoms with E-state index in [1.165, 1.54) is 0 Å². The zero-order valence-electron chi connectivity index (χ0n) is 9.92. The number of H-pyrrole nitrogens is 1. The summed E-state index contributed by atoms with van der Waals surface area (Å²) in [5, 5.41) is 2.89. The third-order valence-electron chi connectivity index (χ3n) is 3.22. The molecule has 0 bridgehead atoms. The van der Waals surface area contributed by atoms with Crippen molar-refractivity contribution in [3.8, 4) is 0 Å². The highest BCUT2D eigenvalue weighted by Crippen LogP contribution is 2.24. The number of amides is 1. The number of carbonyl (C=O) groups excluding carboxylic acids is 1. The predicted molar refractivity (Wildman–Crippen MR) is 62.5 cm³/mol. The Labute approximate surface area is 95.8 Å². The number of rotatable bonds is 6. The van der Waals surface area contributed by atoms with Crippen LogP contribution >= 0.6 is 0 Å². The minimum Gasteiger partial charge on any atom is -0.350 e. The largest absolute Gasteiger partial charge is 0.350 e. The van der Waals surface area contributed by atoms with Gasteiger partial charge in [-0.2, -0.15) is 0 Å². The number of hydrogen-bond acceptors (Lipinski definition) is 3. The van der Waals surface area contributed by atoms with Crippen LogP contribution in [0.5, 0.6) is 0 Å². The van der Waals surface area contributed by atoms with Crippen LogP contribution in [-0.4, -0.2) is 22.4 Å². The zero-order valence-corrected chi connectivity index (χ0v) is 9.92. The fourth-order valence-corrected chi connectivity index (χ4v) is 1.70. The molecule has 0 unspecified atom stereocenters. The van der Waals surface area contributed by atoms with Crippen molar-refractivity contribution in [3.63, 3.8) is 0 Å². The lowest BCUT2D eigenvalue weighted by Crippen LogP contribution is -2.45. The number of aromatic amines is 1. The van der Waals surface area contributed by atoms with Crippen molar-refractivity contribution in [2.45, 2.75) is 33.2 Å². The van der Waals surface area contributed by atoms with Gasteiger partial charge < -0.3 is 16.0 Å². The molecule has 0 aromatic carbocycles. The van der Waals surface area contributed by atoms with Crippen LogP contribution in [0.1, 0.15) is 32.4 Å². The van der Waals surface area contributed by atoms with Gasteiger partial charge in [0.15, 0.2) is 0 Å². The fraction of sp³-hybridized carbons (Fsp3) is 0.636. The van der Waals surface area contributed by atoms with Gasteiger partial charge in [-0.15, -0.1) is 0 Å². The number of aromatic nitrogens is 2. The molecular formula is C11H20N4O. The lowest BCUT2D eigenvalue weighted by molar-refractivity contribution is -0.131. The quantitative estimate of drug-likeness (QED) is 0.668. The van der Waals surface area contributed by atoms with Crippen molar-refractivity contribution in [1.29, 1.82) is 0 Å². The van der Waals surface area contributed by atoms with Gasteiger partial charge in [0, 0.05) is 12.7 Å². The van der Waals surface area contributed by atoms with Gasteiger partial charge >= 0.3 is 0 Å². The molecule has 0 radical (unpaired) electrons.